The van der Waals surface area contributed by atoms with Crippen molar-refractivity contribution in [2.24, 2.45) is 24.6 Å². The van der Waals surface area contributed by atoms with Gasteiger partial charge in [-0.3, -0.25) is 9.48 Å². The van der Waals surface area contributed by atoms with E-state index < -0.39 is 0 Å². The molecule has 0 bridgehead atoms. The predicted molar refractivity (Wildman–Crippen MR) is 144 cm³/mol. The third kappa shape index (κ3) is 5.19. The summed E-state index contributed by atoms with van der Waals surface area (Å²) in [5, 5.41) is 26.6. The summed E-state index contributed by atoms with van der Waals surface area (Å²) in [5.74, 6) is 0.0505. The van der Waals surface area contributed by atoms with Crippen molar-refractivity contribution in [2.45, 2.75) is 50.6 Å². The molecule has 3 aromatic heterocycles. The predicted octanol–water partition coefficient (Wildman–Crippen LogP) is 4.22. The van der Waals surface area contributed by atoms with Gasteiger partial charge in [-0.2, -0.15) is 15.6 Å². The Labute approximate surface area is 224 Å². The molecule has 2 aliphatic carbocycles. The van der Waals surface area contributed by atoms with E-state index in [0.717, 1.165) is 43.0 Å². The van der Waals surface area contributed by atoms with Gasteiger partial charge in [0.2, 0.25) is 0 Å². The van der Waals surface area contributed by atoms with Crippen molar-refractivity contribution < 1.29 is 4.79 Å². The number of nitrogens with two attached hydrogens (primary N) is 1. The molecule has 11 heteroatoms. The second-order valence-corrected chi connectivity index (χ2v) is 10.4. The molecule has 3 heterocycles. The maximum Gasteiger partial charge on any atom is 0.255 e. The topological polar surface area (TPSA) is 162 Å². The first-order valence-electron chi connectivity index (χ1n) is 12.7. The van der Waals surface area contributed by atoms with E-state index in [4.69, 9.17) is 32.8 Å². The van der Waals surface area contributed by atoms with Crippen LogP contribution in [0.3, 0.4) is 0 Å². The zero-order valence-corrected chi connectivity index (χ0v) is 21.7. The highest BCUT2D eigenvalue weighted by atomic mass is 35.5. The molecule has 4 atom stereocenters. The number of nitrogens with zero attached hydrogens (tertiary/aromatic N) is 6. The largest absolute Gasteiger partial charge is 0.349 e. The fourth-order valence-electron chi connectivity index (χ4n) is 5.22. The van der Waals surface area contributed by atoms with Gasteiger partial charge in [0.25, 0.3) is 5.91 Å². The minimum Gasteiger partial charge on any atom is -0.349 e. The number of H-pyrrole nitrogens is 1. The zero-order valence-electron chi connectivity index (χ0n) is 21.0. The van der Waals surface area contributed by atoms with Crippen LogP contribution in [-0.2, 0) is 7.05 Å². The Balaban J connectivity index is 0.000000316. The van der Waals surface area contributed by atoms with Crippen molar-refractivity contribution in [3.05, 3.63) is 41.2 Å². The Bertz CT molecular complexity index is 1580. The molecule has 1 aromatic carbocycles. The number of aryl methyl sites for hydroxylation is 1. The number of carbonyl (C=O) groups is 1. The number of fused-ring (bicyclic) bond motifs is 2. The SMILES string of the molecule is Cn1nc(-c2cnc3[nH]cc(C(=O)N[C@@H]4CC[C@@H](C#N)C4)c3n2)c2ccc(Cl)cc21.N#C[C@@H]1CC[C@@H](N)C1. The van der Waals surface area contributed by atoms with Crippen molar-refractivity contribution >= 4 is 39.6 Å². The number of aromatic nitrogens is 5. The number of aromatic amines is 1. The number of carbonyl (C=O) groups excluding carboxylic acids is 1. The molecule has 2 fully saturated rings. The number of nitriles is 2. The number of nitrogens with one attached hydrogen (secondary N) is 2. The van der Waals surface area contributed by atoms with Crippen molar-refractivity contribution in [1.29, 1.82) is 10.5 Å². The van der Waals surface area contributed by atoms with Crippen LogP contribution in [-0.4, -0.2) is 42.7 Å². The van der Waals surface area contributed by atoms with Gasteiger partial charge in [-0.25, -0.2) is 9.97 Å². The molecule has 0 saturated heterocycles. The second kappa shape index (κ2) is 10.8. The molecule has 0 unspecified atom stereocenters. The molecule has 194 valence electrons. The molecule has 0 aliphatic heterocycles. The highest BCUT2D eigenvalue weighted by Crippen LogP contribution is 2.30. The summed E-state index contributed by atoms with van der Waals surface area (Å²) < 4.78 is 1.75. The standard InChI is InChI=1S/C21H18ClN7O.C6H10N2/c1-29-17-7-12(22)3-5-14(17)18(28-29)16-10-25-20-19(27-16)15(9-24-20)21(30)26-13-4-2-11(6-13)8-23;7-4-5-1-2-6(8)3-5/h3,5,7,9-11,13H,2,4,6H2,1H3,(H,24,25)(H,26,30);5-6H,1-3,8H2/t11-,13-;5-,6-/m11/s1. The third-order valence-electron chi connectivity index (χ3n) is 7.29. The molecule has 10 nitrogen and oxygen atoms in total. The molecular weight excluding hydrogens is 502 g/mol. The molecule has 0 radical (unpaired) electrons. The average molecular weight is 530 g/mol. The van der Waals surface area contributed by atoms with Gasteiger partial charge >= 0.3 is 0 Å². The lowest BCUT2D eigenvalue weighted by atomic mass is 10.1. The molecule has 2 saturated carbocycles. The van der Waals surface area contributed by atoms with Gasteiger partial charge in [0.1, 0.15) is 16.9 Å². The Kier molecular flexibility index (Phi) is 7.28. The van der Waals surface area contributed by atoms with Crippen molar-refractivity contribution in [3.63, 3.8) is 0 Å². The smallest absolute Gasteiger partial charge is 0.255 e. The van der Waals surface area contributed by atoms with Crippen LogP contribution in [0.15, 0.2) is 30.6 Å². The number of rotatable bonds is 3. The Hall–Kier alpha value is -3.99. The summed E-state index contributed by atoms with van der Waals surface area (Å²) in [4.78, 5) is 25.0. The monoisotopic (exact) mass is 529 g/mol. The van der Waals surface area contributed by atoms with Crippen molar-refractivity contribution in [2.75, 3.05) is 0 Å². The van der Waals surface area contributed by atoms with Crippen LogP contribution >= 0.6 is 11.6 Å². The van der Waals surface area contributed by atoms with Gasteiger partial charge in [-0.1, -0.05) is 11.6 Å². The van der Waals surface area contributed by atoms with E-state index in [1.165, 1.54) is 0 Å². The summed E-state index contributed by atoms with van der Waals surface area (Å²) >= 11 is 6.12. The lowest BCUT2D eigenvalue weighted by molar-refractivity contribution is 0.0939. The molecular formula is C27H28ClN9O. The fourth-order valence-corrected chi connectivity index (χ4v) is 5.39. The third-order valence-corrected chi connectivity index (χ3v) is 7.52. The summed E-state index contributed by atoms with van der Waals surface area (Å²) in [7, 11) is 1.85. The van der Waals surface area contributed by atoms with E-state index in [0.29, 0.717) is 45.6 Å². The molecule has 2 aliphatic rings. The number of halogens is 1. The summed E-state index contributed by atoms with van der Waals surface area (Å²) in [6, 6.07) is 10.4. The van der Waals surface area contributed by atoms with Crippen LogP contribution in [0.2, 0.25) is 5.02 Å². The van der Waals surface area contributed by atoms with Gasteiger partial charge in [-0.05, 0) is 56.7 Å². The maximum atomic E-state index is 12.9. The minimum absolute atomic E-state index is 0.00715. The second-order valence-electron chi connectivity index (χ2n) is 10.00. The number of amides is 1. The van der Waals surface area contributed by atoms with Gasteiger partial charge in [-0.15, -0.1) is 0 Å². The van der Waals surface area contributed by atoms with Crippen LogP contribution in [0.1, 0.15) is 48.9 Å². The summed E-state index contributed by atoms with van der Waals surface area (Å²) in [5.41, 5.74) is 9.16. The van der Waals surface area contributed by atoms with Gasteiger partial charge in [0.15, 0.2) is 5.65 Å². The highest BCUT2D eigenvalue weighted by molar-refractivity contribution is 6.31. The van der Waals surface area contributed by atoms with Gasteiger partial charge < -0.3 is 16.0 Å². The molecule has 4 aromatic rings. The zero-order chi connectivity index (χ0) is 26.8. The fraction of sp³-hybridized carbons (Fsp3) is 0.407. The Morgan fingerprint density at radius 2 is 1.95 bits per heavy atom. The Morgan fingerprint density at radius 1 is 1.18 bits per heavy atom. The van der Waals surface area contributed by atoms with E-state index in [1.807, 2.05) is 25.2 Å². The quantitative estimate of drug-likeness (QED) is 0.357. The van der Waals surface area contributed by atoms with Gasteiger partial charge in [0.05, 0.1) is 29.4 Å². The van der Waals surface area contributed by atoms with Gasteiger partial charge in [0, 0.05) is 47.6 Å². The lowest BCUT2D eigenvalue weighted by Gasteiger charge is -2.11. The van der Waals surface area contributed by atoms with Crippen LogP contribution in [0.4, 0.5) is 0 Å². The average Bonchev–Trinajstić information content (AvgIpc) is 3.70. The minimum atomic E-state index is -0.214. The first-order valence-corrected chi connectivity index (χ1v) is 13.1. The van der Waals surface area contributed by atoms with Crippen molar-refractivity contribution in [3.8, 4) is 23.5 Å². The summed E-state index contributed by atoms with van der Waals surface area (Å²) in [6.07, 6.45) is 8.54. The van der Waals surface area contributed by atoms with E-state index in [1.54, 1.807) is 17.1 Å². The molecule has 4 N–H and O–H groups in total. The molecule has 6 rings (SSSR count). The Morgan fingerprint density at radius 3 is 2.63 bits per heavy atom. The molecule has 0 spiro atoms. The lowest BCUT2D eigenvalue weighted by Crippen LogP contribution is -2.32. The number of benzene rings is 1. The van der Waals surface area contributed by atoms with Crippen LogP contribution in [0.5, 0.6) is 0 Å². The molecule has 38 heavy (non-hydrogen) atoms. The van der Waals surface area contributed by atoms with E-state index in [9.17, 15) is 4.79 Å². The number of hydrogen-bond acceptors (Lipinski definition) is 7. The molecule has 1 amide bonds. The first-order chi connectivity index (χ1) is 18.4. The first kappa shape index (κ1) is 25.7. The summed E-state index contributed by atoms with van der Waals surface area (Å²) in [6.45, 7) is 0. The van der Waals surface area contributed by atoms with Crippen LogP contribution < -0.4 is 11.1 Å². The number of hydrogen-bond donors (Lipinski definition) is 3. The van der Waals surface area contributed by atoms with Crippen molar-refractivity contribution in [1.82, 2.24) is 30.0 Å². The van der Waals surface area contributed by atoms with Crippen LogP contribution in [0, 0.1) is 34.5 Å². The van der Waals surface area contributed by atoms with E-state index in [-0.39, 0.29) is 23.8 Å². The highest BCUT2D eigenvalue weighted by Gasteiger charge is 2.27. The van der Waals surface area contributed by atoms with Crippen LogP contribution in [0.25, 0.3) is 33.5 Å². The normalized spacial score (nSPS) is 22.6. The van der Waals surface area contributed by atoms with E-state index in [2.05, 4.69) is 32.5 Å². The van der Waals surface area contributed by atoms with E-state index >= 15 is 0 Å². The maximum absolute atomic E-state index is 12.9.